The van der Waals surface area contributed by atoms with Gasteiger partial charge in [0, 0.05) is 22.9 Å². The van der Waals surface area contributed by atoms with Gasteiger partial charge in [-0.25, -0.2) is 0 Å². The number of hydrogen-bond donors (Lipinski definition) is 1. The molecule has 1 aromatic rings. The molecule has 1 aliphatic rings. The first-order valence-corrected chi connectivity index (χ1v) is 7.42. The molecule has 0 spiro atoms. The van der Waals surface area contributed by atoms with Crippen LogP contribution in [0.1, 0.15) is 31.7 Å². The molecule has 0 bridgehead atoms. The van der Waals surface area contributed by atoms with Gasteiger partial charge in [-0.3, -0.25) is 14.9 Å². The molecule has 5 heteroatoms. The molecule has 20 heavy (non-hydrogen) atoms. The minimum Gasteiger partial charge on any atom is -0.381 e. The third-order valence-electron chi connectivity index (χ3n) is 3.60. The van der Waals surface area contributed by atoms with Gasteiger partial charge in [0.1, 0.15) is 0 Å². The van der Waals surface area contributed by atoms with Gasteiger partial charge in [-0.2, -0.15) is 0 Å². The number of halogens is 1. The van der Waals surface area contributed by atoms with Crippen molar-refractivity contribution in [1.29, 1.82) is 0 Å². The molecule has 1 saturated heterocycles. The van der Waals surface area contributed by atoms with Crippen LogP contribution in [0.2, 0.25) is 0 Å². The van der Waals surface area contributed by atoms with Crippen molar-refractivity contribution in [2.75, 3.05) is 13.2 Å². The van der Waals surface area contributed by atoms with E-state index in [-0.39, 0.29) is 24.2 Å². The topological polar surface area (TPSA) is 55.4 Å². The highest BCUT2D eigenvalue weighted by atomic mass is 79.9. The Morgan fingerprint density at radius 1 is 1.45 bits per heavy atom. The largest absolute Gasteiger partial charge is 0.381 e. The third kappa shape index (κ3) is 3.10. The number of piperidine rings is 1. The van der Waals surface area contributed by atoms with Crippen LogP contribution >= 0.6 is 15.9 Å². The number of rotatable bonds is 4. The summed E-state index contributed by atoms with van der Waals surface area (Å²) in [4.78, 5) is 24.0. The molecule has 2 unspecified atom stereocenters. The Bertz CT molecular complexity index is 532. The molecule has 0 aromatic heterocycles. The van der Waals surface area contributed by atoms with Gasteiger partial charge < -0.3 is 4.74 Å². The van der Waals surface area contributed by atoms with Crippen molar-refractivity contribution in [2.45, 2.75) is 26.2 Å². The molecule has 1 heterocycles. The van der Waals surface area contributed by atoms with Crippen LogP contribution in [0.25, 0.3) is 0 Å². The van der Waals surface area contributed by atoms with E-state index in [1.807, 2.05) is 38.1 Å². The Morgan fingerprint density at radius 2 is 2.20 bits per heavy atom. The van der Waals surface area contributed by atoms with Gasteiger partial charge in [0.05, 0.1) is 12.5 Å². The molecule has 4 nitrogen and oxygen atoms in total. The fourth-order valence-corrected chi connectivity index (χ4v) is 3.17. The fourth-order valence-electron chi connectivity index (χ4n) is 2.75. The number of amides is 2. The van der Waals surface area contributed by atoms with Crippen LogP contribution in [-0.2, 0) is 14.3 Å². The lowest BCUT2D eigenvalue weighted by Crippen LogP contribution is -2.51. The number of imide groups is 1. The second-order valence-electron chi connectivity index (χ2n) is 5.37. The van der Waals surface area contributed by atoms with E-state index in [2.05, 4.69) is 21.2 Å². The first kappa shape index (κ1) is 15.2. The summed E-state index contributed by atoms with van der Waals surface area (Å²) in [7, 11) is 0. The Hall–Kier alpha value is -1.20. The van der Waals surface area contributed by atoms with Crippen LogP contribution < -0.4 is 5.32 Å². The molecular weight excluding hydrogens is 322 g/mol. The van der Waals surface area contributed by atoms with Gasteiger partial charge in [-0.05, 0) is 24.6 Å². The summed E-state index contributed by atoms with van der Waals surface area (Å²) in [5.74, 6) is -0.866. The highest BCUT2D eigenvalue weighted by Crippen LogP contribution is 2.42. The predicted molar refractivity (Wildman–Crippen MR) is 79.2 cm³/mol. The van der Waals surface area contributed by atoms with Crippen molar-refractivity contribution in [3.05, 3.63) is 34.3 Å². The van der Waals surface area contributed by atoms with Crippen LogP contribution in [0.4, 0.5) is 0 Å². The lowest BCUT2D eigenvalue weighted by Gasteiger charge is -2.39. The maximum atomic E-state index is 12.3. The molecule has 2 rings (SSSR count). The maximum Gasteiger partial charge on any atom is 0.234 e. The summed E-state index contributed by atoms with van der Waals surface area (Å²) in [5, 5.41) is 2.43. The van der Waals surface area contributed by atoms with Crippen LogP contribution in [0.3, 0.4) is 0 Å². The molecule has 0 radical (unpaired) electrons. The Balaban J connectivity index is 2.39. The lowest BCUT2D eigenvalue weighted by molar-refractivity contribution is -0.141. The van der Waals surface area contributed by atoms with Crippen molar-refractivity contribution >= 4 is 27.7 Å². The summed E-state index contributed by atoms with van der Waals surface area (Å²) in [6, 6.07) is 7.64. The second-order valence-corrected chi connectivity index (χ2v) is 6.28. The molecule has 0 aliphatic carbocycles. The monoisotopic (exact) mass is 339 g/mol. The van der Waals surface area contributed by atoms with Crippen LogP contribution in [0, 0.1) is 5.41 Å². The van der Waals surface area contributed by atoms with Gasteiger partial charge in [-0.1, -0.05) is 35.0 Å². The average Bonchev–Trinajstić information content (AvgIpc) is 2.35. The van der Waals surface area contributed by atoms with Gasteiger partial charge in [0.2, 0.25) is 11.8 Å². The molecule has 0 saturated carbocycles. The molecule has 1 fully saturated rings. The van der Waals surface area contributed by atoms with Crippen molar-refractivity contribution in [2.24, 2.45) is 5.41 Å². The standard InChI is InChI=1S/C15H18BrNO3/c1-3-20-9-15(2)8-12(18)17-14(19)13(15)10-5-4-6-11(16)7-10/h4-7,13H,3,8-9H2,1-2H3,(H,17,18,19). The first-order chi connectivity index (χ1) is 9.46. The third-order valence-corrected chi connectivity index (χ3v) is 4.10. The zero-order chi connectivity index (χ0) is 14.8. The molecule has 1 N–H and O–H groups in total. The van der Waals surface area contributed by atoms with Crippen molar-refractivity contribution < 1.29 is 14.3 Å². The van der Waals surface area contributed by atoms with Gasteiger partial charge in [0.15, 0.2) is 0 Å². The molecule has 1 aromatic carbocycles. The summed E-state index contributed by atoms with van der Waals surface area (Å²) in [6.45, 7) is 4.80. The van der Waals surface area contributed by atoms with Crippen LogP contribution in [0.5, 0.6) is 0 Å². The minimum atomic E-state index is -0.518. The van der Waals surface area contributed by atoms with Crippen molar-refractivity contribution in [1.82, 2.24) is 5.32 Å². The number of benzene rings is 1. The molecule has 1 aliphatic heterocycles. The quantitative estimate of drug-likeness (QED) is 0.858. The van der Waals surface area contributed by atoms with E-state index in [0.29, 0.717) is 13.2 Å². The molecule has 108 valence electrons. The van der Waals surface area contributed by atoms with E-state index < -0.39 is 5.41 Å². The van der Waals surface area contributed by atoms with E-state index in [1.165, 1.54) is 0 Å². The van der Waals surface area contributed by atoms with E-state index in [0.717, 1.165) is 10.0 Å². The summed E-state index contributed by atoms with van der Waals surface area (Å²) >= 11 is 3.42. The minimum absolute atomic E-state index is 0.233. The smallest absolute Gasteiger partial charge is 0.234 e. The first-order valence-electron chi connectivity index (χ1n) is 6.63. The summed E-state index contributed by atoms with van der Waals surface area (Å²) < 4.78 is 6.43. The number of hydrogen-bond acceptors (Lipinski definition) is 3. The van der Waals surface area contributed by atoms with Crippen molar-refractivity contribution in [3.63, 3.8) is 0 Å². The zero-order valence-corrected chi connectivity index (χ0v) is 13.2. The number of carbonyl (C=O) groups is 2. The Kier molecular flexibility index (Phi) is 4.60. The van der Waals surface area contributed by atoms with E-state index in [1.54, 1.807) is 0 Å². The van der Waals surface area contributed by atoms with E-state index >= 15 is 0 Å². The SMILES string of the molecule is CCOCC1(C)CC(=O)NC(=O)C1c1cccc(Br)c1. The number of nitrogens with one attached hydrogen (secondary N) is 1. The second kappa shape index (κ2) is 6.06. The van der Waals surface area contributed by atoms with Crippen LogP contribution in [-0.4, -0.2) is 25.0 Å². The highest BCUT2D eigenvalue weighted by Gasteiger charge is 2.46. The van der Waals surface area contributed by atoms with Crippen LogP contribution in [0.15, 0.2) is 28.7 Å². The van der Waals surface area contributed by atoms with E-state index in [4.69, 9.17) is 4.74 Å². The van der Waals surface area contributed by atoms with Crippen molar-refractivity contribution in [3.8, 4) is 0 Å². The highest BCUT2D eigenvalue weighted by molar-refractivity contribution is 9.10. The summed E-state index contributed by atoms with van der Waals surface area (Å²) in [5.41, 5.74) is 0.377. The Morgan fingerprint density at radius 3 is 2.85 bits per heavy atom. The maximum absolute atomic E-state index is 12.3. The van der Waals surface area contributed by atoms with Gasteiger partial charge >= 0.3 is 0 Å². The Labute approximate surface area is 127 Å². The normalized spacial score (nSPS) is 26.4. The molecular formula is C15H18BrNO3. The average molecular weight is 340 g/mol. The number of carbonyl (C=O) groups excluding carboxylic acids is 2. The zero-order valence-electron chi connectivity index (χ0n) is 11.6. The summed E-state index contributed by atoms with van der Waals surface area (Å²) in [6.07, 6.45) is 0.288. The molecule has 2 amide bonds. The van der Waals surface area contributed by atoms with Gasteiger partial charge in [-0.15, -0.1) is 0 Å². The predicted octanol–water partition coefficient (Wildman–Crippen LogP) is 2.62. The lowest BCUT2D eigenvalue weighted by atomic mass is 9.69. The molecule has 2 atom stereocenters. The van der Waals surface area contributed by atoms with Gasteiger partial charge in [0.25, 0.3) is 0 Å². The van der Waals surface area contributed by atoms with E-state index in [9.17, 15) is 9.59 Å². The number of ether oxygens (including phenoxy) is 1. The fraction of sp³-hybridized carbons (Fsp3) is 0.467.